The summed E-state index contributed by atoms with van der Waals surface area (Å²) in [4.78, 5) is 12.4. The summed E-state index contributed by atoms with van der Waals surface area (Å²) in [6, 6.07) is 3.68. The number of aromatic nitrogens is 3. The van der Waals surface area contributed by atoms with Gasteiger partial charge in [0.05, 0.1) is 16.9 Å². The lowest BCUT2D eigenvalue weighted by molar-refractivity contribution is 1.18. The summed E-state index contributed by atoms with van der Waals surface area (Å²) in [5.74, 6) is 1.24. The fourth-order valence-electron chi connectivity index (χ4n) is 1.42. The van der Waals surface area contributed by atoms with Crippen LogP contribution in [0.1, 0.15) is 11.3 Å². The Balaban J connectivity index is 2.33. The number of pyridine rings is 1. The van der Waals surface area contributed by atoms with Crippen molar-refractivity contribution in [1.82, 2.24) is 15.0 Å². The zero-order valence-corrected chi connectivity index (χ0v) is 10.4. The highest BCUT2D eigenvalue weighted by Crippen LogP contribution is 2.23. The van der Waals surface area contributed by atoms with E-state index in [9.17, 15) is 0 Å². The van der Waals surface area contributed by atoms with E-state index in [1.807, 2.05) is 12.1 Å². The molecule has 0 spiro atoms. The largest absolute Gasteiger partial charge is 0.324 e. The molecule has 2 aromatic rings. The third kappa shape index (κ3) is 2.73. The molecule has 0 amide bonds. The molecule has 4 nitrogen and oxygen atoms in total. The molecule has 2 rings (SSSR count). The highest BCUT2D eigenvalue weighted by atomic mass is 35.5. The Morgan fingerprint density at radius 3 is 2.72 bits per heavy atom. The fraction of sp³-hybridized carbons (Fsp3) is 0. The summed E-state index contributed by atoms with van der Waals surface area (Å²) in [5, 5.41) is 3.40. The van der Waals surface area contributed by atoms with E-state index in [4.69, 9.17) is 11.6 Å². The standard InChI is InChI=1S/C13H11ClN4/c1-3-10-4-5-11(18-13(10)9(2)14)17-12-8-15-6-7-16-12/h3-8H,1-2H2,(H,16,17,18). The summed E-state index contributed by atoms with van der Waals surface area (Å²) < 4.78 is 0. The molecule has 0 saturated heterocycles. The quantitative estimate of drug-likeness (QED) is 0.912. The lowest BCUT2D eigenvalue weighted by atomic mass is 10.2. The number of anilines is 2. The van der Waals surface area contributed by atoms with E-state index in [0.717, 1.165) is 5.56 Å². The van der Waals surface area contributed by atoms with Crippen LogP contribution in [0.25, 0.3) is 11.1 Å². The maximum Gasteiger partial charge on any atom is 0.150 e. The highest BCUT2D eigenvalue weighted by Gasteiger charge is 2.06. The number of hydrogen-bond donors (Lipinski definition) is 1. The Morgan fingerprint density at radius 1 is 1.28 bits per heavy atom. The van der Waals surface area contributed by atoms with E-state index in [1.54, 1.807) is 24.7 Å². The normalized spacial score (nSPS) is 9.83. The van der Waals surface area contributed by atoms with Gasteiger partial charge in [-0.25, -0.2) is 9.97 Å². The van der Waals surface area contributed by atoms with Crippen LogP contribution in [0.5, 0.6) is 0 Å². The molecule has 2 aromatic heterocycles. The number of rotatable bonds is 4. The van der Waals surface area contributed by atoms with Crippen molar-refractivity contribution in [3.63, 3.8) is 0 Å². The molecule has 5 heteroatoms. The zero-order chi connectivity index (χ0) is 13.0. The maximum absolute atomic E-state index is 5.90. The van der Waals surface area contributed by atoms with Crippen LogP contribution >= 0.6 is 11.6 Å². The van der Waals surface area contributed by atoms with Crippen molar-refractivity contribution in [3.05, 3.63) is 55.1 Å². The van der Waals surface area contributed by atoms with Crippen LogP contribution in [0.4, 0.5) is 11.6 Å². The predicted molar refractivity (Wildman–Crippen MR) is 74.5 cm³/mol. The van der Waals surface area contributed by atoms with Gasteiger partial charge in [0.25, 0.3) is 0 Å². The molecule has 0 radical (unpaired) electrons. The van der Waals surface area contributed by atoms with Gasteiger partial charge in [0, 0.05) is 18.0 Å². The molecule has 18 heavy (non-hydrogen) atoms. The molecule has 0 aliphatic heterocycles. The van der Waals surface area contributed by atoms with Gasteiger partial charge in [0.15, 0.2) is 0 Å². The van der Waals surface area contributed by atoms with Crippen LogP contribution in [-0.4, -0.2) is 15.0 Å². The summed E-state index contributed by atoms with van der Waals surface area (Å²) >= 11 is 5.90. The van der Waals surface area contributed by atoms with Crippen molar-refractivity contribution in [3.8, 4) is 0 Å². The lowest BCUT2D eigenvalue weighted by Gasteiger charge is -2.08. The van der Waals surface area contributed by atoms with Crippen LogP contribution in [0.2, 0.25) is 0 Å². The van der Waals surface area contributed by atoms with Gasteiger partial charge in [0.1, 0.15) is 11.6 Å². The molecule has 2 heterocycles. The van der Waals surface area contributed by atoms with Crippen molar-refractivity contribution in [2.45, 2.75) is 0 Å². The second kappa shape index (κ2) is 5.42. The molecule has 0 unspecified atom stereocenters. The molecule has 90 valence electrons. The number of halogens is 1. The van der Waals surface area contributed by atoms with Gasteiger partial charge in [-0.1, -0.05) is 30.8 Å². The van der Waals surface area contributed by atoms with E-state index in [-0.39, 0.29) is 0 Å². The molecule has 0 fully saturated rings. The van der Waals surface area contributed by atoms with Gasteiger partial charge in [0.2, 0.25) is 0 Å². The first-order valence-corrected chi connectivity index (χ1v) is 5.60. The topological polar surface area (TPSA) is 50.7 Å². The van der Waals surface area contributed by atoms with Gasteiger partial charge in [-0.15, -0.1) is 0 Å². The lowest BCUT2D eigenvalue weighted by Crippen LogP contribution is -1.99. The van der Waals surface area contributed by atoms with Crippen molar-refractivity contribution in [1.29, 1.82) is 0 Å². The van der Waals surface area contributed by atoms with Gasteiger partial charge >= 0.3 is 0 Å². The third-order valence-electron chi connectivity index (χ3n) is 2.22. The third-order valence-corrected chi connectivity index (χ3v) is 2.40. The summed E-state index contributed by atoms with van der Waals surface area (Å²) in [6.07, 6.45) is 6.49. The fourth-order valence-corrected chi connectivity index (χ4v) is 1.57. The van der Waals surface area contributed by atoms with E-state index in [2.05, 4.69) is 33.4 Å². The maximum atomic E-state index is 5.90. The Bertz CT molecular complexity index is 581. The van der Waals surface area contributed by atoms with E-state index in [1.165, 1.54) is 0 Å². The van der Waals surface area contributed by atoms with Crippen molar-refractivity contribution < 1.29 is 0 Å². The van der Waals surface area contributed by atoms with E-state index >= 15 is 0 Å². The first kappa shape index (κ1) is 12.3. The average molecular weight is 259 g/mol. The predicted octanol–water partition coefficient (Wildman–Crippen LogP) is 3.47. The molecular formula is C13H11ClN4. The summed E-state index contributed by atoms with van der Waals surface area (Å²) in [6.45, 7) is 7.39. The van der Waals surface area contributed by atoms with E-state index in [0.29, 0.717) is 22.4 Å². The Morgan fingerprint density at radius 2 is 2.11 bits per heavy atom. The summed E-state index contributed by atoms with van der Waals surface area (Å²) in [5.41, 5.74) is 1.43. The molecule has 0 atom stereocenters. The SMILES string of the molecule is C=Cc1ccc(Nc2cnccn2)nc1C(=C)Cl. The average Bonchev–Trinajstić information content (AvgIpc) is 2.40. The molecular weight excluding hydrogens is 248 g/mol. The van der Waals surface area contributed by atoms with Crippen molar-refractivity contribution >= 4 is 34.3 Å². The smallest absolute Gasteiger partial charge is 0.150 e. The van der Waals surface area contributed by atoms with Gasteiger partial charge < -0.3 is 5.32 Å². The van der Waals surface area contributed by atoms with Crippen LogP contribution in [0, 0.1) is 0 Å². The molecule has 1 N–H and O–H groups in total. The Labute approximate surface area is 110 Å². The first-order chi connectivity index (χ1) is 8.70. The van der Waals surface area contributed by atoms with Crippen LogP contribution in [-0.2, 0) is 0 Å². The molecule has 0 aliphatic carbocycles. The minimum Gasteiger partial charge on any atom is -0.324 e. The molecule has 0 bridgehead atoms. The minimum atomic E-state index is 0.368. The number of nitrogens with one attached hydrogen (secondary N) is 1. The summed E-state index contributed by atoms with van der Waals surface area (Å²) in [7, 11) is 0. The Kier molecular flexibility index (Phi) is 3.69. The first-order valence-electron chi connectivity index (χ1n) is 5.22. The molecule has 0 saturated carbocycles. The number of nitrogens with zero attached hydrogens (tertiary/aromatic N) is 3. The van der Waals surface area contributed by atoms with Crippen molar-refractivity contribution in [2.75, 3.05) is 5.32 Å². The Hall–Kier alpha value is -2.20. The molecule has 0 aromatic carbocycles. The zero-order valence-electron chi connectivity index (χ0n) is 9.60. The van der Waals surface area contributed by atoms with Gasteiger partial charge in [-0.2, -0.15) is 0 Å². The number of hydrogen-bond acceptors (Lipinski definition) is 4. The highest BCUT2D eigenvalue weighted by molar-refractivity contribution is 6.48. The van der Waals surface area contributed by atoms with Gasteiger partial charge in [-0.3, -0.25) is 4.98 Å². The molecule has 0 aliphatic rings. The van der Waals surface area contributed by atoms with Crippen molar-refractivity contribution in [2.24, 2.45) is 0 Å². The second-order valence-electron chi connectivity index (χ2n) is 3.46. The minimum absolute atomic E-state index is 0.368. The van der Waals surface area contributed by atoms with E-state index < -0.39 is 0 Å². The van der Waals surface area contributed by atoms with Crippen LogP contribution in [0.15, 0.2) is 43.9 Å². The van der Waals surface area contributed by atoms with Crippen LogP contribution < -0.4 is 5.32 Å². The second-order valence-corrected chi connectivity index (χ2v) is 3.92. The van der Waals surface area contributed by atoms with Gasteiger partial charge in [-0.05, 0) is 12.1 Å². The monoisotopic (exact) mass is 258 g/mol. The van der Waals surface area contributed by atoms with Crippen LogP contribution in [0.3, 0.4) is 0 Å².